The van der Waals surface area contributed by atoms with Gasteiger partial charge in [0.1, 0.15) is 5.82 Å². The van der Waals surface area contributed by atoms with Crippen LogP contribution in [0.1, 0.15) is 24.8 Å². The first-order valence-corrected chi connectivity index (χ1v) is 5.67. The molecule has 0 aromatic heterocycles. The minimum atomic E-state index is -0.151. The lowest BCUT2D eigenvalue weighted by atomic mass is 9.77. The molecule has 1 aromatic rings. The van der Waals surface area contributed by atoms with Crippen molar-refractivity contribution in [1.29, 1.82) is 0 Å². The molecule has 1 aliphatic rings. The van der Waals surface area contributed by atoms with Gasteiger partial charge in [-0.25, -0.2) is 4.39 Å². The minimum Gasteiger partial charge on any atom is -0.380 e. The van der Waals surface area contributed by atoms with Crippen LogP contribution >= 0.6 is 0 Å². The highest BCUT2D eigenvalue weighted by Crippen LogP contribution is 2.37. The molecule has 0 amide bonds. The highest BCUT2D eigenvalue weighted by atomic mass is 19.1. The lowest BCUT2D eigenvalue weighted by molar-refractivity contribution is -0.108. The molecule has 3 heteroatoms. The van der Waals surface area contributed by atoms with Gasteiger partial charge in [-0.15, -0.1) is 0 Å². The van der Waals surface area contributed by atoms with E-state index in [1.165, 1.54) is 6.07 Å². The SMILES string of the molecule is CC1(CC(CN)c2ccccc2F)COC1. The molecule has 0 aliphatic carbocycles. The summed E-state index contributed by atoms with van der Waals surface area (Å²) >= 11 is 0. The third kappa shape index (κ3) is 2.25. The van der Waals surface area contributed by atoms with Crippen LogP contribution in [0.2, 0.25) is 0 Å². The topological polar surface area (TPSA) is 35.2 Å². The van der Waals surface area contributed by atoms with E-state index in [0.717, 1.165) is 25.2 Å². The van der Waals surface area contributed by atoms with Crippen molar-refractivity contribution in [2.24, 2.45) is 11.1 Å². The van der Waals surface area contributed by atoms with Gasteiger partial charge < -0.3 is 10.5 Å². The summed E-state index contributed by atoms with van der Waals surface area (Å²) in [6, 6.07) is 6.90. The van der Waals surface area contributed by atoms with Gasteiger partial charge in [-0.05, 0) is 30.5 Å². The number of rotatable bonds is 4. The summed E-state index contributed by atoms with van der Waals surface area (Å²) in [7, 11) is 0. The van der Waals surface area contributed by atoms with E-state index in [0.29, 0.717) is 6.54 Å². The van der Waals surface area contributed by atoms with Crippen molar-refractivity contribution < 1.29 is 9.13 Å². The molecule has 0 spiro atoms. The number of hydrogen-bond acceptors (Lipinski definition) is 2. The Morgan fingerprint density at radius 3 is 2.62 bits per heavy atom. The number of benzene rings is 1. The Hall–Kier alpha value is -0.930. The van der Waals surface area contributed by atoms with E-state index in [2.05, 4.69) is 6.92 Å². The molecular weight excluding hydrogens is 205 g/mol. The summed E-state index contributed by atoms with van der Waals surface area (Å²) in [6.45, 7) is 4.17. The van der Waals surface area contributed by atoms with Crippen molar-refractivity contribution >= 4 is 0 Å². The molecule has 1 unspecified atom stereocenters. The van der Waals surface area contributed by atoms with E-state index in [4.69, 9.17) is 10.5 Å². The molecule has 0 bridgehead atoms. The third-order valence-electron chi connectivity index (χ3n) is 3.27. The van der Waals surface area contributed by atoms with Crippen LogP contribution in [0.25, 0.3) is 0 Å². The van der Waals surface area contributed by atoms with E-state index < -0.39 is 0 Å². The molecule has 0 radical (unpaired) electrons. The monoisotopic (exact) mass is 223 g/mol. The Balaban J connectivity index is 2.13. The minimum absolute atomic E-state index is 0.0927. The third-order valence-corrected chi connectivity index (χ3v) is 3.27. The molecular formula is C13H18FNO. The molecule has 1 fully saturated rings. The van der Waals surface area contributed by atoms with Gasteiger partial charge in [0.05, 0.1) is 13.2 Å². The average Bonchev–Trinajstić information content (AvgIpc) is 2.25. The second-order valence-corrected chi connectivity index (χ2v) is 4.96. The molecule has 88 valence electrons. The maximum absolute atomic E-state index is 13.6. The fourth-order valence-corrected chi connectivity index (χ4v) is 2.29. The molecule has 0 saturated carbocycles. The van der Waals surface area contributed by atoms with Gasteiger partial charge in [0.2, 0.25) is 0 Å². The molecule has 16 heavy (non-hydrogen) atoms. The second-order valence-electron chi connectivity index (χ2n) is 4.96. The van der Waals surface area contributed by atoms with Crippen LogP contribution in [0.15, 0.2) is 24.3 Å². The zero-order valence-corrected chi connectivity index (χ0v) is 9.58. The summed E-state index contributed by atoms with van der Waals surface area (Å²) in [6.07, 6.45) is 0.893. The van der Waals surface area contributed by atoms with Crippen molar-refractivity contribution in [3.8, 4) is 0 Å². The Kier molecular flexibility index (Phi) is 3.26. The fourth-order valence-electron chi connectivity index (χ4n) is 2.29. The van der Waals surface area contributed by atoms with Gasteiger partial charge in [-0.2, -0.15) is 0 Å². The zero-order valence-electron chi connectivity index (χ0n) is 9.58. The van der Waals surface area contributed by atoms with Gasteiger partial charge in [-0.1, -0.05) is 25.1 Å². The first-order chi connectivity index (χ1) is 7.64. The number of ether oxygens (including phenoxy) is 1. The molecule has 2 rings (SSSR count). The van der Waals surface area contributed by atoms with Gasteiger partial charge >= 0.3 is 0 Å². The maximum Gasteiger partial charge on any atom is 0.126 e. The number of hydrogen-bond donors (Lipinski definition) is 1. The largest absolute Gasteiger partial charge is 0.380 e. The van der Waals surface area contributed by atoms with Crippen LogP contribution < -0.4 is 5.73 Å². The van der Waals surface area contributed by atoms with E-state index >= 15 is 0 Å². The van der Waals surface area contributed by atoms with Crippen molar-refractivity contribution in [1.82, 2.24) is 0 Å². The normalized spacial score (nSPS) is 20.2. The van der Waals surface area contributed by atoms with E-state index in [1.54, 1.807) is 6.07 Å². The summed E-state index contributed by atoms with van der Waals surface area (Å²) in [5.41, 5.74) is 6.66. The predicted octanol–water partition coefficient (Wildman–Crippen LogP) is 2.29. The Morgan fingerprint density at radius 2 is 2.12 bits per heavy atom. The average molecular weight is 223 g/mol. The van der Waals surface area contributed by atoms with E-state index in [9.17, 15) is 4.39 Å². The van der Waals surface area contributed by atoms with Gasteiger partial charge in [0.25, 0.3) is 0 Å². The molecule has 1 aliphatic heterocycles. The molecule has 1 aromatic carbocycles. The van der Waals surface area contributed by atoms with E-state index in [-0.39, 0.29) is 17.2 Å². The van der Waals surface area contributed by atoms with Gasteiger partial charge in [0.15, 0.2) is 0 Å². The van der Waals surface area contributed by atoms with Crippen LogP contribution in [-0.4, -0.2) is 19.8 Å². The Labute approximate surface area is 95.6 Å². The lowest BCUT2D eigenvalue weighted by Gasteiger charge is -2.40. The van der Waals surface area contributed by atoms with Crippen molar-refractivity contribution in [3.05, 3.63) is 35.6 Å². The quantitative estimate of drug-likeness (QED) is 0.850. The van der Waals surface area contributed by atoms with Crippen molar-refractivity contribution in [2.45, 2.75) is 19.3 Å². The van der Waals surface area contributed by atoms with Crippen molar-refractivity contribution in [2.75, 3.05) is 19.8 Å². The van der Waals surface area contributed by atoms with Crippen LogP contribution in [0.5, 0.6) is 0 Å². The van der Waals surface area contributed by atoms with E-state index in [1.807, 2.05) is 12.1 Å². The molecule has 1 atom stereocenters. The number of halogens is 1. The Morgan fingerprint density at radius 1 is 1.44 bits per heavy atom. The first-order valence-electron chi connectivity index (χ1n) is 5.67. The zero-order chi connectivity index (χ0) is 11.6. The summed E-state index contributed by atoms with van der Waals surface area (Å²) in [5, 5.41) is 0. The first kappa shape index (κ1) is 11.6. The molecule has 1 saturated heterocycles. The highest BCUT2D eigenvalue weighted by Gasteiger charge is 2.36. The number of nitrogens with two attached hydrogens (primary N) is 1. The van der Waals surface area contributed by atoms with Crippen molar-refractivity contribution in [3.63, 3.8) is 0 Å². The summed E-state index contributed by atoms with van der Waals surface area (Å²) in [4.78, 5) is 0. The molecule has 2 nitrogen and oxygen atoms in total. The smallest absolute Gasteiger partial charge is 0.126 e. The molecule has 1 heterocycles. The van der Waals surface area contributed by atoms with Gasteiger partial charge in [0, 0.05) is 5.41 Å². The van der Waals surface area contributed by atoms with Gasteiger partial charge in [-0.3, -0.25) is 0 Å². The predicted molar refractivity (Wildman–Crippen MR) is 61.7 cm³/mol. The van der Waals surface area contributed by atoms with Crippen LogP contribution in [0.4, 0.5) is 4.39 Å². The second kappa shape index (κ2) is 4.52. The molecule has 2 N–H and O–H groups in total. The summed E-state index contributed by atoms with van der Waals surface area (Å²) in [5.74, 6) is -0.0584. The lowest BCUT2D eigenvalue weighted by Crippen LogP contribution is -2.41. The fraction of sp³-hybridized carbons (Fsp3) is 0.538. The van der Waals surface area contributed by atoms with Crippen LogP contribution in [0.3, 0.4) is 0 Å². The maximum atomic E-state index is 13.6. The summed E-state index contributed by atoms with van der Waals surface area (Å²) < 4.78 is 18.9. The Bertz CT molecular complexity index is 363. The van der Waals surface area contributed by atoms with Crippen LogP contribution in [-0.2, 0) is 4.74 Å². The standard InChI is InChI=1S/C13H18FNO/c1-13(8-16-9-13)6-10(7-15)11-4-2-3-5-12(11)14/h2-5,10H,6-9,15H2,1H3. The highest BCUT2D eigenvalue weighted by molar-refractivity contribution is 5.22. The van der Waals surface area contributed by atoms with Crippen LogP contribution in [0, 0.1) is 11.2 Å².